The van der Waals surface area contributed by atoms with Gasteiger partial charge in [-0.25, -0.2) is 9.48 Å². The molecule has 1 aromatic heterocycles. The van der Waals surface area contributed by atoms with Crippen molar-refractivity contribution in [2.45, 2.75) is 64.1 Å². The second-order valence-electron chi connectivity index (χ2n) is 6.80. The second kappa shape index (κ2) is 11.2. The van der Waals surface area contributed by atoms with E-state index in [-0.39, 0.29) is 6.54 Å². The third-order valence-corrected chi connectivity index (χ3v) is 4.43. The quantitative estimate of drug-likeness (QED) is 0.245. The molecule has 31 heavy (non-hydrogen) atoms. The minimum absolute atomic E-state index is 0.242. The Kier molecular flexibility index (Phi) is 8.88. The summed E-state index contributed by atoms with van der Waals surface area (Å²) in [6.07, 6.45) is -4.44. The summed E-state index contributed by atoms with van der Waals surface area (Å²) >= 11 is 0. The number of aliphatic hydroxyl groups excluding tert-OH is 3. The molecule has 0 radical (unpaired) electrons. The Bertz CT molecular complexity index is 778. The molecule has 0 fully saturated rings. The van der Waals surface area contributed by atoms with E-state index in [1.807, 2.05) is 0 Å². The summed E-state index contributed by atoms with van der Waals surface area (Å²) in [4.78, 5) is 22.7. The van der Waals surface area contributed by atoms with Crippen molar-refractivity contribution < 1.29 is 44.2 Å². The zero-order valence-corrected chi connectivity index (χ0v) is 17.4. The van der Waals surface area contributed by atoms with Crippen LogP contribution in [0.1, 0.15) is 32.8 Å². The van der Waals surface area contributed by atoms with Gasteiger partial charge in [-0.05, 0) is 19.9 Å². The highest BCUT2D eigenvalue weighted by molar-refractivity contribution is 5.84. The summed E-state index contributed by atoms with van der Waals surface area (Å²) < 4.78 is 17.3. The summed E-state index contributed by atoms with van der Waals surface area (Å²) in [5.74, 6) is -2.61. The molecule has 5 N–H and O–H groups in total. The summed E-state index contributed by atoms with van der Waals surface area (Å²) in [5, 5.41) is 50.7. The first-order valence-corrected chi connectivity index (χ1v) is 9.74. The van der Waals surface area contributed by atoms with Crippen molar-refractivity contribution in [2.24, 2.45) is 0 Å². The van der Waals surface area contributed by atoms with Gasteiger partial charge in [0, 0.05) is 20.1 Å². The second-order valence-corrected chi connectivity index (χ2v) is 6.80. The lowest BCUT2D eigenvalue weighted by Crippen LogP contribution is -2.59. The fraction of sp³-hybridized carbons (Fsp3) is 0.667. The number of nitrogens with zero attached hydrogens (tertiary/aromatic N) is 3. The molecule has 0 spiro atoms. The van der Waals surface area contributed by atoms with Gasteiger partial charge in [-0.2, -0.15) is 0 Å². The number of aliphatic carboxylic acids is 1. The third kappa shape index (κ3) is 6.45. The molecule has 0 saturated carbocycles. The van der Waals surface area contributed by atoms with E-state index < -0.39 is 54.4 Å². The number of carbonyl (C=O) groups excluding carboxylic acids is 1. The van der Waals surface area contributed by atoms with Crippen molar-refractivity contribution in [2.75, 3.05) is 13.2 Å². The Hall–Kier alpha value is -2.58. The van der Waals surface area contributed by atoms with Gasteiger partial charge in [-0.3, -0.25) is 4.79 Å². The van der Waals surface area contributed by atoms with Crippen LogP contribution in [-0.4, -0.2) is 91.0 Å². The predicted octanol–water partition coefficient (Wildman–Crippen LogP) is -1.70. The van der Waals surface area contributed by atoms with E-state index in [0.717, 1.165) is 6.08 Å². The number of carbonyl (C=O) groups is 2. The first-order chi connectivity index (χ1) is 14.7. The zero-order chi connectivity index (χ0) is 23.1. The van der Waals surface area contributed by atoms with Crippen molar-refractivity contribution >= 4 is 11.9 Å². The zero-order valence-electron chi connectivity index (χ0n) is 17.4. The fourth-order valence-electron chi connectivity index (χ4n) is 3.07. The number of carboxylic acid groups (broad SMARTS) is 1. The number of rotatable bonds is 11. The molecule has 0 saturated heterocycles. The van der Waals surface area contributed by atoms with E-state index in [9.17, 15) is 24.9 Å². The number of nitrogens with one attached hydrogen (secondary N) is 1. The number of ether oxygens (including phenoxy) is 3. The van der Waals surface area contributed by atoms with Crippen LogP contribution in [0.5, 0.6) is 0 Å². The van der Waals surface area contributed by atoms with Gasteiger partial charge in [0.25, 0.3) is 0 Å². The Labute approximate surface area is 178 Å². The van der Waals surface area contributed by atoms with Crippen molar-refractivity contribution in [1.29, 1.82) is 0 Å². The molecule has 1 amide bonds. The minimum Gasteiger partial charge on any atom is -0.478 e. The Morgan fingerprint density at radius 3 is 2.48 bits per heavy atom. The van der Waals surface area contributed by atoms with Crippen LogP contribution in [0.15, 0.2) is 18.0 Å². The van der Waals surface area contributed by atoms with Crippen LogP contribution in [0.3, 0.4) is 0 Å². The topological polar surface area (TPSA) is 185 Å². The van der Waals surface area contributed by atoms with E-state index in [2.05, 4.69) is 15.6 Å². The molecule has 1 aliphatic rings. The van der Waals surface area contributed by atoms with Gasteiger partial charge in [0.2, 0.25) is 18.0 Å². The normalized spacial score (nSPS) is 23.1. The molecule has 1 aromatic rings. The molecule has 0 aliphatic carbocycles. The van der Waals surface area contributed by atoms with Crippen LogP contribution in [0, 0.1) is 0 Å². The number of hydrogen-bond acceptors (Lipinski definition) is 10. The maximum atomic E-state index is 11.5. The van der Waals surface area contributed by atoms with Gasteiger partial charge < -0.3 is 40.0 Å². The number of carboxylic acids is 1. The van der Waals surface area contributed by atoms with Gasteiger partial charge in [0.05, 0.1) is 18.8 Å². The van der Waals surface area contributed by atoms with Gasteiger partial charge in [0.1, 0.15) is 24.0 Å². The highest BCUT2D eigenvalue weighted by Crippen LogP contribution is 2.23. The maximum absolute atomic E-state index is 11.5. The highest BCUT2D eigenvalue weighted by Gasteiger charge is 2.43. The Morgan fingerprint density at radius 2 is 1.94 bits per heavy atom. The van der Waals surface area contributed by atoms with Crippen LogP contribution < -0.4 is 5.32 Å². The average Bonchev–Trinajstić information content (AvgIpc) is 3.16. The number of aromatic nitrogens is 3. The van der Waals surface area contributed by atoms with Crippen LogP contribution in [0.25, 0.3) is 0 Å². The molecule has 1 aliphatic heterocycles. The van der Waals surface area contributed by atoms with Gasteiger partial charge >= 0.3 is 5.97 Å². The van der Waals surface area contributed by atoms with E-state index in [1.54, 1.807) is 13.8 Å². The molecule has 174 valence electrons. The molecule has 13 nitrogen and oxygen atoms in total. The van der Waals surface area contributed by atoms with E-state index in [4.69, 9.17) is 19.3 Å². The SMILES string of the molecule is CCOC(OCC)c1cn(C[C@@H](O)[C@@H](O)[C@@H]2OC(C(=O)O)=C[C@H](O)[C@H]2NC(C)=O)nn1. The Morgan fingerprint density at radius 1 is 1.29 bits per heavy atom. The summed E-state index contributed by atoms with van der Waals surface area (Å²) in [6.45, 7) is 5.29. The van der Waals surface area contributed by atoms with Crippen molar-refractivity contribution in [3.63, 3.8) is 0 Å². The molecular formula is C18H28N4O9. The molecule has 0 aromatic carbocycles. The van der Waals surface area contributed by atoms with E-state index in [0.29, 0.717) is 18.9 Å². The smallest absolute Gasteiger partial charge is 0.370 e. The summed E-state index contributed by atoms with van der Waals surface area (Å²) in [7, 11) is 0. The molecule has 5 atom stereocenters. The van der Waals surface area contributed by atoms with Gasteiger partial charge in [-0.1, -0.05) is 5.21 Å². The molecule has 2 rings (SSSR count). The molecule has 2 heterocycles. The van der Waals surface area contributed by atoms with E-state index in [1.165, 1.54) is 17.8 Å². The van der Waals surface area contributed by atoms with Crippen LogP contribution in [-0.2, 0) is 30.3 Å². The molecular weight excluding hydrogens is 416 g/mol. The van der Waals surface area contributed by atoms with E-state index >= 15 is 0 Å². The van der Waals surface area contributed by atoms with Crippen molar-refractivity contribution in [3.05, 3.63) is 23.7 Å². The number of hydrogen-bond donors (Lipinski definition) is 5. The first-order valence-electron chi connectivity index (χ1n) is 9.74. The van der Waals surface area contributed by atoms with Crippen molar-refractivity contribution in [1.82, 2.24) is 20.3 Å². The average molecular weight is 444 g/mol. The largest absolute Gasteiger partial charge is 0.478 e. The first kappa shape index (κ1) is 24.7. The summed E-state index contributed by atoms with van der Waals surface area (Å²) in [5.41, 5.74) is 0.363. The number of aliphatic hydroxyl groups is 3. The summed E-state index contributed by atoms with van der Waals surface area (Å²) in [6, 6.07) is -1.18. The highest BCUT2D eigenvalue weighted by atomic mass is 16.7. The molecule has 0 bridgehead atoms. The minimum atomic E-state index is -1.68. The fourth-order valence-corrected chi connectivity index (χ4v) is 3.07. The monoisotopic (exact) mass is 444 g/mol. The van der Waals surface area contributed by atoms with Gasteiger partial charge in [-0.15, -0.1) is 5.10 Å². The van der Waals surface area contributed by atoms with Crippen molar-refractivity contribution in [3.8, 4) is 0 Å². The van der Waals surface area contributed by atoms with Crippen LogP contribution in [0.4, 0.5) is 0 Å². The third-order valence-electron chi connectivity index (χ3n) is 4.43. The lowest BCUT2D eigenvalue weighted by molar-refractivity contribution is -0.148. The maximum Gasteiger partial charge on any atom is 0.370 e. The van der Waals surface area contributed by atoms with Crippen LogP contribution in [0.2, 0.25) is 0 Å². The Balaban J connectivity index is 2.14. The predicted molar refractivity (Wildman–Crippen MR) is 102 cm³/mol. The molecule has 0 unspecified atom stereocenters. The molecule has 13 heteroatoms. The lowest BCUT2D eigenvalue weighted by atomic mass is 9.93. The number of amides is 1. The lowest BCUT2D eigenvalue weighted by Gasteiger charge is -2.38. The van der Waals surface area contributed by atoms with Gasteiger partial charge in [0.15, 0.2) is 6.10 Å². The van der Waals surface area contributed by atoms with Crippen LogP contribution >= 0.6 is 0 Å². The standard InChI is InChI=1S/C18H28N4O9/c1-4-29-18(30-5-2)10-7-22(21-20-10)8-12(25)15(26)16-14(19-9(3)23)11(24)6-13(31-16)17(27)28/h6-7,11-12,14-16,18,24-26H,4-5,8H2,1-3H3,(H,19,23)(H,27,28)/t11-,12+,14+,15+,16+/m0/s1.